The fraction of sp³-hybridized carbons (Fsp3) is 0.778. The molecule has 0 aromatic carbocycles. The zero-order valence-electron chi connectivity index (χ0n) is 7.75. The highest BCUT2D eigenvalue weighted by Crippen LogP contribution is 2.23. The summed E-state index contributed by atoms with van der Waals surface area (Å²) in [5.41, 5.74) is 0. The first kappa shape index (κ1) is 10.2. The summed E-state index contributed by atoms with van der Waals surface area (Å²) in [5.74, 6) is -0.322. The van der Waals surface area contributed by atoms with E-state index in [0.717, 1.165) is 0 Å². The van der Waals surface area contributed by atoms with Crippen LogP contribution in [0, 0.1) is 11.8 Å². The Labute approximate surface area is 77.3 Å². The van der Waals surface area contributed by atoms with Gasteiger partial charge in [-0.25, -0.2) is 0 Å². The monoisotopic (exact) mass is 185 g/mol. The van der Waals surface area contributed by atoms with Crippen LogP contribution >= 0.6 is 0 Å². The van der Waals surface area contributed by atoms with Gasteiger partial charge in [-0.1, -0.05) is 6.92 Å². The number of aliphatic hydroxyl groups excluding tert-OH is 1. The smallest absolute Gasteiger partial charge is 0.229 e. The van der Waals surface area contributed by atoms with Gasteiger partial charge in [0, 0.05) is 18.9 Å². The highest BCUT2D eigenvalue weighted by Gasteiger charge is 2.30. The normalized spacial score (nSPS) is 25.5. The average Bonchev–Trinajstić information content (AvgIpc) is 2.04. The third-order valence-corrected chi connectivity index (χ3v) is 2.55. The Morgan fingerprint density at radius 1 is 1.62 bits per heavy atom. The van der Waals surface area contributed by atoms with Crippen molar-refractivity contribution in [3.8, 4) is 0 Å². The third kappa shape index (κ3) is 2.52. The number of piperidine rings is 1. The van der Waals surface area contributed by atoms with Crippen molar-refractivity contribution in [1.82, 2.24) is 5.32 Å². The Morgan fingerprint density at radius 2 is 2.31 bits per heavy atom. The van der Waals surface area contributed by atoms with E-state index in [9.17, 15) is 9.59 Å². The molecule has 4 nitrogen and oxygen atoms in total. The van der Waals surface area contributed by atoms with E-state index in [1.807, 2.05) is 6.92 Å². The van der Waals surface area contributed by atoms with Gasteiger partial charge in [-0.2, -0.15) is 0 Å². The lowest BCUT2D eigenvalue weighted by Crippen LogP contribution is -2.43. The fourth-order valence-corrected chi connectivity index (χ4v) is 1.66. The molecule has 1 aliphatic heterocycles. The lowest BCUT2D eigenvalue weighted by molar-refractivity contribution is -0.137. The molecule has 13 heavy (non-hydrogen) atoms. The van der Waals surface area contributed by atoms with Crippen LogP contribution in [0.25, 0.3) is 0 Å². The molecule has 2 unspecified atom stereocenters. The number of carbonyl (C=O) groups is 2. The Hall–Kier alpha value is -0.900. The number of nitrogens with one attached hydrogen (secondary N) is 1. The van der Waals surface area contributed by atoms with E-state index in [1.54, 1.807) is 0 Å². The Bertz CT molecular complexity index is 215. The maximum atomic E-state index is 11.3. The summed E-state index contributed by atoms with van der Waals surface area (Å²) >= 11 is 0. The predicted molar refractivity (Wildman–Crippen MR) is 46.7 cm³/mol. The average molecular weight is 185 g/mol. The van der Waals surface area contributed by atoms with E-state index in [1.165, 1.54) is 0 Å². The lowest BCUT2D eigenvalue weighted by atomic mass is 9.85. The minimum atomic E-state index is -0.183. The molecular formula is C9H15NO3. The first-order valence-electron chi connectivity index (χ1n) is 4.59. The quantitative estimate of drug-likeness (QED) is 0.611. The number of carbonyl (C=O) groups excluding carboxylic acids is 2. The minimum Gasteiger partial charge on any atom is -0.396 e. The van der Waals surface area contributed by atoms with Gasteiger partial charge in [-0.15, -0.1) is 0 Å². The second kappa shape index (κ2) is 4.37. The molecule has 0 saturated carbocycles. The van der Waals surface area contributed by atoms with E-state index >= 15 is 0 Å². The molecule has 2 atom stereocenters. The first-order chi connectivity index (χ1) is 6.15. The van der Waals surface area contributed by atoms with Crippen LogP contribution in [0.15, 0.2) is 0 Å². The second-order valence-corrected chi connectivity index (χ2v) is 3.55. The van der Waals surface area contributed by atoms with Gasteiger partial charge in [0.25, 0.3) is 0 Å². The van der Waals surface area contributed by atoms with Crippen LogP contribution in [0.3, 0.4) is 0 Å². The molecule has 1 rings (SSSR count). The van der Waals surface area contributed by atoms with Crippen LogP contribution in [0.1, 0.15) is 26.2 Å². The number of amides is 2. The highest BCUT2D eigenvalue weighted by atomic mass is 16.3. The van der Waals surface area contributed by atoms with Crippen molar-refractivity contribution in [2.24, 2.45) is 11.8 Å². The maximum absolute atomic E-state index is 11.3. The summed E-state index contributed by atoms with van der Waals surface area (Å²) in [5, 5.41) is 11.0. The molecule has 0 aromatic rings. The fourth-order valence-electron chi connectivity index (χ4n) is 1.66. The van der Waals surface area contributed by atoms with Crippen molar-refractivity contribution in [3.05, 3.63) is 0 Å². The van der Waals surface area contributed by atoms with Crippen molar-refractivity contribution >= 4 is 11.8 Å². The summed E-state index contributed by atoms with van der Waals surface area (Å²) in [7, 11) is 0. The molecular weight excluding hydrogens is 170 g/mol. The minimum absolute atomic E-state index is 0.0961. The molecule has 4 heteroatoms. The largest absolute Gasteiger partial charge is 0.396 e. The predicted octanol–water partition coefficient (Wildman–Crippen LogP) is 0.0577. The van der Waals surface area contributed by atoms with E-state index < -0.39 is 0 Å². The van der Waals surface area contributed by atoms with Crippen molar-refractivity contribution in [2.75, 3.05) is 6.61 Å². The molecule has 74 valence electrons. The van der Waals surface area contributed by atoms with Gasteiger partial charge in [0.1, 0.15) is 0 Å². The van der Waals surface area contributed by atoms with Crippen LogP contribution in [-0.4, -0.2) is 23.5 Å². The van der Waals surface area contributed by atoms with E-state index in [2.05, 4.69) is 5.32 Å². The number of hydrogen-bond donors (Lipinski definition) is 2. The van der Waals surface area contributed by atoms with E-state index in [4.69, 9.17) is 5.11 Å². The van der Waals surface area contributed by atoms with Crippen molar-refractivity contribution in [1.29, 1.82) is 0 Å². The van der Waals surface area contributed by atoms with Gasteiger partial charge < -0.3 is 5.11 Å². The van der Waals surface area contributed by atoms with Crippen LogP contribution in [0.2, 0.25) is 0 Å². The highest BCUT2D eigenvalue weighted by molar-refractivity contribution is 5.98. The van der Waals surface area contributed by atoms with Crippen LogP contribution in [-0.2, 0) is 9.59 Å². The van der Waals surface area contributed by atoms with E-state index in [0.29, 0.717) is 19.3 Å². The molecule has 1 aliphatic rings. The second-order valence-electron chi connectivity index (χ2n) is 3.55. The molecule has 0 aromatic heterocycles. The zero-order valence-corrected chi connectivity index (χ0v) is 7.75. The zero-order chi connectivity index (χ0) is 9.84. The molecule has 1 heterocycles. The maximum Gasteiger partial charge on any atom is 0.229 e. The summed E-state index contributed by atoms with van der Waals surface area (Å²) in [4.78, 5) is 22.1. The molecule has 2 N–H and O–H groups in total. The van der Waals surface area contributed by atoms with Gasteiger partial charge in [0.2, 0.25) is 11.8 Å². The summed E-state index contributed by atoms with van der Waals surface area (Å²) in [6, 6.07) is 0. The molecule has 0 aliphatic carbocycles. The number of rotatable bonds is 3. The molecule has 2 amide bonds. The number of hydrogen-bond acceptors (Lipinski definition) is 3. The lowest BCUT2D eigenvalue weighted by Gasteiger charge is -2.25. The summed E-state index contributed by atoms with van der Waals surface area (Å²) in [6.45, 7) is 2.02. The SMILES string of the molecule is CC(CCO)C1CCC(=O)NC1=O. The summed E-state index contributed by atoms with van der Waals surface area (Å²) < 4.78 is 0. The van der Waals surface area contributed by atoms with Gasteiger partial charge in [0.05, 0.1) is 0 Å². The van der Waals surface area contributed by atoms with Crippen molar-refractivity contribution in [2.45, 2.75) is 26.2 Å². The topological polar surface area (TPSA) is 66.4 Å². The van der Waals surface area contributed by atoms with Gasteiger partial charge in [-0.05, 0) is 18.8 Å². The van der Waals surface area contributed by atoms with Crippen molar-refractivity contribution in [3.63, 3.8) is 0 Å². The molecule has 1 fully saturated rings. The Morgan fingerprint density at radius 3 is 2.85 bits per heavy atom. The molecule has 0 radical (unpaired) electrons. The number of aliphatic hydroxyl groups is 1. The molecule has 0 bridgehead atoms. The molecule has 0 spiro atoms. The van der Waals surface area contributed by atoms with Crippen LogP contribution < -0.4 is 5.32 Å². The Balaban J connectivity index is 2.50. The van der Waals surface area contributed by atoms with Crippen LogP contribution in [0.4, 0.5) is 0 Å². The van der Waals surface area contributed by atoms with Crippen LogP contribution in [0.5, 0.6) is 0 Å². The molecule has 1 saturated heterocycles. The Kier molecular flexibility index (Phi) is 3.42. The van der Waals surface area contributed by atoms with Crippen molar-refractivity contribution < 1.29 is 14.7 Å². The first-order valence-corrected chi connectivity index (χ1v) is 4.59. The van der Waals surface area contributed by atoms with Gasteiger partial charge in [0.15, 0.2) is 0 Å². The summed E-state index contributed by atoms with van der Waals surface area (Å²) in [6.07, 6.45) is 1.66. The van der Waals surface area contributed by atoms with Gasteiger partial charge >= 0.3 is 0 Å². The standard InChI is InChI=1S/C9H15NO3/c1-6(4-5-11)7-2-3-8(12)10-9(7)13/h6-7,11H,2-5H2,1H3,(H,10,12,13). The van der Waals surface area contributed by atoms with E-state index in [-0.39, 0.29) is 30.3 Å². The third-order valence-electron chi connectivity index (χ3n) is 2.55. The number of imide groups is 1. The van der Waals surface area contributed by atoms with Gasteiger partial charge in [-0.3, -0.25) is 14.9 Å².